The lowest BCUT2D eigenvalue weighted by atomic mass is 9.90. The van der Waals surface area contributed by atoms with Gasteiger partial charge in [0.2, 0.25) is 5.91 Å². The van der Waals surface area contributed by atoms with Gasteiger partial charge in [-0.15, -0.1) is 0 Å². The number of carbonyl (C=O) groups excluding carboxylic acids is 1. The average Bonchev–Trinajstić information content (AvgIpc) is 3.08. The number of alkyl halides is 3. The summed E-state index contributed by atoms with van der Waals surface area (Å²) in [4.78, 5) is 22.8. The Balaban J connectivity index is 0.000000451. The van der Waals surface area contributed by atoms with E-state index in [0.717, 1.165) is 50.9 Å². The van der Waals surface area contributed by atoms with Gasteiger partial charge in [0.15, 0.2) is 0 Å². The van der Waals surface area contributed by atoms with Crippen LogP contribution < -0.4 is 5.32 Å². The summed E-state index contributed by atoms with van der Waals surface area (Å²) in [6, 6.07) is 6.79. The molecule has 2 N–H and O–H groups in total. The molecule has 2 fully saturated rings. The minimum Gasteiger partial charge on any atom is -0.475 e. The van der Waals surface area contributed by atoms with Crippen LogP contribution in [0.4, 0.5) is 17.6 Å². The number of nitrogens with one attached hydrogen (secondary N) is 1. The number of hydrogen-bond acceptors (Lipinski definition) is 5. The zero-order chi connectivity index (χ0) is 23.8. The number of amides is 1. The maximum Gasteiger partial charge on any atom is 0.490 e. The summed E-state index contributed by atoms with van der Waals surface area (Å²) < 4.78 is 56.3. The molecule has 0 aromatic heterocycles. The van der Waals surface area contributed by atoms with Crippen LogP contribution in [0, 0.1) is 5.82 Å². The molecule has 3 rings (SSSR count). The van der Waals surface area contributed by atoms with Crippen molar-refractivity contribution in [1.82, 2.24) is 10.2 Å². The second-order valence-electron chi connectivity index (χ2n) is 7.95. The van der Waals surface area contributed by atoms with Crippen LogP contribution in [0.25, 0.3) is 0 Å². The van der Waals surface area contributed by atoms with Gasteiger partial charge in [0.25, 0.3) is 0 Å². The third-order valence-electron chi connectivity index (χ3n) is 5.31. The summed E-state index contributed by atoms with van der Waals surface area (Å²) in [6.07, 6.45) is -0.902. The van der Waals surface area contributed by atoms with Gasteiger partial charge in [-0.1, -0.05) is 12.1 Å². The van der Waals surface area contributed by atoms with Crippen molar-refractivity contribution in [3.8, 4) is 0 Å². The van der Waals surface area contributed by atoms with E-state index in [2.05, 4.69) is 10.2 Å². The molecule has 0 bridgehead atoms. The second-order valence-corrected chi connectivity index (χ2v) is 7.95. The molecule has 0 aliphatic carbocycles. The summed E-state index contributed by atoms with van der Waals surface area (Å²) in [5, 5.41) is 10.00. The van der Waals surface area contributed by atoms with E-state index in [0.29, 0.717) is 6.54 Å². The normalized spacial score (nSPS) is 23.5. The highest BCUT2D eigenvalue weighted by atomic mass is 19.4. The van der Waals surface area contributed by atoms with E-state index < -0.39 is 12.1 Å². The molecule has 0 radical (unpaired) electrons. The molecule has 2 atom stereocenters. The fourth-order valence-corrected chi connectivity index (χ4v) is 3.93. The number of carbonyl (C=O) groups is 2. The molecule has 7 nitrogen and oxygen atoms in total. The predicted molar refractivity (Wildman–Crippen MR) is 106 cm³/mol. The number of likely N-dealkylation sites (tertiary alicyclic amines) is 1. The zero-order valence-electron chi connectivity index (χ0n) is 17.8. The van der Waals surface area contributed by atoms with Crippen LogP contribution >= 0.6 is 0 Å². The zero-order valence-corrected chi connectivity index (χ0v) is 17.8. The van der Waals surface area contributed by atoms with Crippen molar-refractivity contribution in [2.75, 3.05) is 33.4 Å². The molecule has 2 heterocycles. The maximum atomic E-state index is 13.4. The number of hydrogen-bond donors (Lipinski definition) is 2. The molecule has 2 aliphatic heterocycles. The number of benzene rings is 1. The van der Waals surface area contributed by atoms with Crippen LogP contribution in [0.3, 0.4) is 0 Å². The van der Waals surface area contributed by atoms with Crippen LogP contribution in [0.2, 0.25) is 0 Å². The lowest BCUT2D eigenvalue weighted by molar-refractivity contribution is -0.192. The second kappa shape index (κ2) is 11.6. The number of halogens is 4. The molecule has 11 heteroatoms. The van der Waals surface area contributed by atoms with E-state index in [-0.39, 0.29) is 30.0 Å². The van der Waals surface area contributed by atoms with Crippen molar-refractivity contribution in [2.24, 2.45) is 0 Å². The number of carboxylic acid groups (broad SMARTS) is 1. The number of nitrogens with zero attached hydrogens (tertiary/aromatic N) is 1. The van der Waals surface area contributed by atoms with Crippen molar-refractivity contribution in [2.45, 2.75) is 50.1 Å². The molecular weight excluding hydrogens is 436 g/mol. The van der Waals surface area contributed by atoms with E-state index in [1.165, 1.54) is 13.2 Å². The Hall–Kier alpha value is -2.24. The fourth-order valence-electron chi connectivity index (χ4n) is 3.93. The molecule has 1 spiro atoms. The Morgan fingerprint density at radius 2 is 2.06 bits per heavy atom. The van der Waals surface area contributed by atoms with Gasteiger partial charge in [0, 0.05) is 33.3 Å². The Morgan fingerprint density at radius 1 is 1.34 bits per heavy atom. The first-order valence-electron chi connectivity index (χ1n) is 10.2. The molecule has 180 valence electrons. The Bertz CT molecular complexity index is 777. The van der Waals surface area contributed by atoms with Crippen molar-refractivity contribution in [1.29, 1.82) is 0 Å². The summed E-state index contributed by atoms with van der Waals surface area (Å²) in [7, 11) is 1.51. The molecule has 1 aromatic carbocycles. The van der Waals surface area contributed by atoms with E-state index in [9.17, 15) is 22.4 Å². The van der Waals surface area contributed by atoms with E-state index in [1.807, 2.05) is 6.07 Å². The van der Waals surface area contributed by atoms with Gasteiger partial charge in [-0.05, 0) is 43.4 Å². The fraction of sp³-hybridized carbons (Fsp3) is 0.619. The average molecular weight is 464 g/mol. The standard InChI is InChI=1S/C19H27FN2O3.C2HF3O2/c1-24-13-18(23)21-11-17-6-3-7-19(25-17)8-9-22(14-19)12-15-4-2-5-16(20)10-15;3-2(4,5)1(6)7/h2,4-5,10,17H,3,6-9,11-14H2,1H3,(H,21,23);(H,6,7)/t17-,19-;/m1./s1. The molecule has 1 aromatic rings. The quantitative estimate of drug-likeness (QED) is 0.630. The highest BCUT2D eigenvalue weighted by Gasteiger charge is 2.43. The van der Waals surface area contributed by atoms with Crippen molar-refractivity contribution in [3.63, 3.8) is 0 Å². The Morgan fingerprint density at radius 3 is 2.69 bits per heavy atom. The first kappa shape index (κ1) is 26.0. The highest BCUT2D eigenvalue weighted by Crippen LogP contribution is 2.37. The molecule has 0 saturated carbocycles. The van der Waals surface area contributed by atoms with Crippen LogP contribution in [0.15, 0.2) is 24.3 Å². The van der Waals surface area contributed by atoms with Gasteiger partial charge in [-0.25, -0.2) is 9.18 Å². The largest absolute Gasteiger partial charge is 0.490 e. The van der Waals surface area contributed by atoms with Gasteiger partial charge < -0.3 is 19.9 Å². The molecule has 0 unspecified atom stereocenters. The van der Waals surface area contributed by atoms with Crippen LogP contribution in [-0.4, -0.2) is 73.1 Å². The number of rotatable bonds is 6. The number of aliphatic carboxylic acids is 1. The Labute approximate surface area is 183 Å². The van der Waals surface area contributed by atoms with Gasteiger partial charge >= 0.3 is 12.1 Å². The van der Waals surface area contributed by atoms with Gasteiger partial charge in [0.05, 0.1) is 11.7 Å². The van der Waals surface area contributed by atoms with Crippen LogP contribution in [0.5, 0.6) is 0 Å². The minimum atomic E-state index is -5.08. The van der Waals surface area contributed by atoms with E-state index >= 15 is 0 Å². The van der Waals surface area contributed by atoms with Crippen molar-refractivity contribution in [3.05, 3.63) is 35.6 Å². The lowest BCUT2D eigenvalue weighted by Gasteiger charge is -2.39. The van der Waals surface area contributed by atoms with Crippen molar-refractivity contribution >= 4 is 11.9 Å². The molecule has 32 heavy (non-hydrogen) atoms. The third kappa shape index (κ3) is 8.36. The van der Waals surface area contributed by atoms with Gasteiger partial charge in [-0.2, -0.15) is 13.2 Å². The topological polar surface area (TPSA) is 88.1 Å². The summed E-state index contributed by atoms with van der Waals surface area (Å²) >= 11 is 0. The smallest absolute Gasteiger partial charge is 0.475 e. The number of ether oxygens (including phenoxy) is 2. The Kier molecular flexibility index (Phi) is 9.41. The molecule has 2 aliphatic rings. The SMILES string of the molecule is COCC(=O)NC[C@H]1CCC[C@]2(CCN(Cc3cccc(F)c3)C2)O1.O=C(O)C(F)(F)F. The predicted octanol–water partition coefficient (Wildman–Crippen LogP) is 2.74. The highest BCUT2D eigenvalue weighted by molar-refractivity contribution is 5.77. The molecule has 2 saturated heterocycles. The van der Waals surface area contributed by atoms with Gasteiger partial charge in [0.1, 0.15) is 12.4 Å². The third-order valence-corrected chi connectivity index (χ3v) is 5.31. The van der Waals surface area contributed by atoms with E-state index in [1.54, 1.807) is 12.1 Å². The monoisotopic (exact) mass is 464 g/mol. The molecular formula is C21H28F4N2O5. The first-order valence-corrected chi connectivity index (χ1v) is 10.2. The first-order chi connectivity index (χ1) is 15.0. The lowest BCUT2D eigenvalue weighted by Crippen LogP contribution is -2.47. The minimum absolute atomic E-state index is 0.0590. The number of carboxylic acids is 1. The molecule has 1 amide bonds. The van der Waals surface area contributed by atoms with Crippen molar-refractivity contribution < 1.29 is 41.7 Å². The maximum absolute atomic E-state index is 13.4. The van der Waals surface area contributed by atoms with Crippen LogP contribution in [-0.2, 0) is 25.6 Å². The summed E-state index contributed by atoms with van der Waals surface area (Å²) in [5.74, 6) is -3.05. The summed E-state index contributed by atoms with van der Waals surface area (Å²) in [6.45, 7) is 3.19. The van der Waals surface area contributed by atoms with Crippen LogP contribution in [0.1, 0.15) is 31.2 Å². The summed E-state index contributed by atoms with van der Waals surface area (Å²) in [5.41, 5.74) is 0.874. The van der Waals surface area contributed by atoms with Gasteiger partial charge in [-0.3, -0.25) is 9.69 Å². The number of methoxy groups -OCH3 is 1. The van der Waals surface area contributed by atoms with E-state index in [4.69, 9.17) is 19.4 Å².